The van der Waals surface area contributed by atoms with Gasteiger partial charge in [0.2, 0.25) is 0 Å². The Labute approximate surface area is 186 Å². The van der Waals surface area contributed by atoms with Crippen LogP contribution < -0.4 is 10.6 Å². The van der Waals surface area contributed by atoms with Crippen LogP contribution in [-0.2, 0) is 0 Å². The molecule has 30 heavy (non-hydrogen) atoms. The van der Waals surface area contributed by atoms with E-state index < -0.39 is 6.04 Å². The van der Waals surface area contributed by atoms with Gasteiger partial charge in [0, 0.05) is 28.4 Å². The second kappa shape index (κ2) is 9.94. The number of anilines is 1. The number of amides is 1. The lowest BCUT2D eigenvalue weighted by molar-refractivity contribution is 0.0916. The lowest BCUT2D eigenvalue weighted by Gasteiger charge is -2.17. The van der Waals surface area contributed by atoms with Gasteiger partial charge in [-0.3, -0.25) is 4.79 Å². The van der Waals surface area contributed by atoms with E-state index in [2.05, 4.69) is 15.6 Å². The van der Waals surface area contributed by atoms with Crippen molar-refractivity contribution in [3.05, 3.63) is 82.0 Å². The number of aliphatic hydroxyl groups excluding tert-OH is 1. The molecule has 0 aliphatic carbocycles. The van der Waals surface area contributed by atoms with Crippen molar-refractivity contribution >= 4 is 34.9 Å². The average molecular weight is 444 g/mol. The second-order valence-corrected chi connectivity index (χ2v) is 8.03. The van der Waals surface area contributed by atoms with Crippen molar-refractivity contribution in [2.24, 2.45) is 0 Å². The number of benzene rings is 2. The standard InChI is InChI=1S/C23H23Cl2N3O2/c1-14(2)27-22-11-19(20(25)12-26-22)15-6-8-16(9-7-15)23(30)28-21(13-29)17-4-3-5-18(24)10-17/h3-12,14,21,29H,13H2,1-2H3,(H,26,27)(H,28,30). The molecule has 0 saturated carbocycles. The number of nitrogens with zero attached hydrogens (tertiary/aromatic N) is 1. The summed E-state index contributed by atoms with van der Waals surface area (Å²) < 4.78 is 0. The maximum absolute atomic E-state index is 12.7. The molecule has 1 heterocycles. The topological polar surface area (TPSA) is 74.2 Å². The highest BCUT2D eigenvalue weighted by atomic mass is 35.5. The SMILES string of the molecule is CC(C)Nc1cc(-c2ccc(C(=O)NC(CO)c3cccc(Cl)c3)cc2)c(Cl)cn1. The number of pyridine rings is 1. The summed E-state index contributed by atoms with van der Waals surface area (Å²) in [6.45, 7) is 3.83. The van der Waals surface area contributed by atoms with Gasteiger partial charge in [0.05, 0.1) is 17.7 Å². The first-order chi connectivity index (χ1) is 14.4. The van der Waals surface area contributed by atoms with E-state index in [9.17, 15) is 9.90 Å². The van der Waals surface area contributed by atoms with Crippen LogP contribution in [0.1, 0.15) is 35.8 Å². The van der Waals surface area contributed by atoms with E-state index >= 15 is 0 Å². The number of halogens is 2. The Bertz CT molecular complexity index is 1020. The van der Waals surface area contributed by atoms with Crippen molar-refractivity contribution in [1.29, 1.82) is 0 Å². The molecule has 3 aromatic rings. The van der Waals surface area contributed by atoms with Crippen LogP contribution in [0.3, 0.4) is 0 Å². The van der Waals surface area contributed by atoms with Gasteiger partial charge in [-0.25, -0.2) is 4.98 Å². The first-order valence-electron chi connectivity index (χ1n) is 9.57. The van der Waals surface area contributed by atoms with Gasteiger partial charge in [-0.15, -0.1) is 0 Å². The van der Waals surface area contributed by atoms with Gasteiger partial charge >= 0.3 is 0 Å². The van der Waals surface area contributed by atoms with Crippen LogP contribution in [0.5, 0.6) is 0 Å². The van der Waals surface area contributed by atoms with E-state index in [-0.39, 0.29) is 18.6 Å². The van der Waals surface area contributed by atoms with Crippen LogP contribution in [0.2, 0.25) is 10.0 Å². The van der Waals surface area contributed by atoms with Gasteiger partial charge in [-0.2, -0.15) is 0 Å². The highest BCUT2D eigenvalue weighted by Crippen LogP contribution is 2.30. The quantitative estimate of drug-likeness (QED) is 0.460. The van der Waals surface area contributed by atoms with E-state index in [1.54, 1.807) is 36.5 Å². The van der Waals surface area contributed by atoms with Crippen LogP contribution in [0.15, 0.2) is 60.8 Å². The van der Waals surface area contributed by atoms with Gasteiger partial charge in [0.25, 0.3) is 5.91 Å². The average Bonchev–Trinajstić information content (AvgIpc) is 2.73. The van der Waals surface area contributed by atoms with Gasteiger partial charge < -0.3 is 15.7 Å². The fourth-order valence-corrected chi connectivity index (χ4v) is 3.45. The monoisotopic (exact) mass is 443 g/mol. The van der Waals surface area contributed by atoms with Gasteiger partial charge in [0.1, 0.15) is 5.82 Å². The molecule has 1 amide bonds. The van der Waals surface area contributed by atoms with Crippen LogP contribution in [0.25, 0.3) is 11.1 Å². The predicted octanol–water partition coefficient (Wildman–Crippen LogP) is 5.34. The van der Waals surface area contributed by atoms with Crippen molar-refractivity contribution < 1.29 is 9.90 Å². The molecule has 1 unspecified atom stereocenters. The van der Waals surface area contributed by atoms with Crippen LogP contribution in [0.4, 0.5) is 5.82 Å². The van der Waals surface area contributed by atoms with E-state index in [1.807, 2.05) is 38.1 Å². The minimum atomic E-state index is -0.546. The molecular weight excluding hydrogens is 421 g/mol. The second-order valence-electron chi connectivity index (χ2n) is 7.19. The smallest absolute Gasteiger partial charge is 0.251 e. The molecular formula is C23H23Cl2N3O2. The number of carbonyl (C=O) groups excluding carboxylic acids is 1. The van der Waals surface area contributed by atoms with Crippen LogP contribution in [-0.4, -0.2) is 28.6 Å². The lowest BCUT2D eigenvalue weighted by atomic mass is 10.0. The third-order valence-corrected chi connectivity index (χ3v) is 5.03. The summed E-state index contributed by atoms with van der Waals surface area (Å²) in [4.78, 5) is 16.9. The lowest BCUT2D eigenvalue weighted by Crippen LogP contribution is -2.30. The molecule has 0 saturated heterocycles. The van der Waals surface area contributed by atoms with E-state index in [1.165, 1.54) is 0 Å². The zero-order chi connectivity index (χ0) is 21.7. The summed E-state index contributed by atoms with van der Waals surface area (Å²) in [6, 6.07) is 15.8. The number of aromatic nitrogens is 1. The maximum Gasteiger partial charge on any atom is 0.251 e. The Hall–Kier alpha value is -2.60. The summed E-state index contributed by atoms with van der Waals surface area (Å²) >= 11 is 12.3. The molecule has 0 bridgehead atoms. The Morgan fingerprint density at radius 2 is 1.83 bits per heavy atom. The molecule has 3 N–H and O–H groups in total. The molecule has 1 aromatic heterocycles. The van der Waals surface area contributed by atoms with Crippen molar-refractivity contribution in [3.8, 4) is 11.1 Å². The van der Waals surface area contributed by atoms with Gasteiger partial charge in [0.15, 0.2) is 0 Å². The summed E-state index contributed by atoms with van der Waals surface area (Å²) in [5.74, 6) is 0.446. The molecule has 156 valence electrons. The molecule has 5 nitrogen and oxygen atoms in total. The minimum absolute atomic E-state index is 0.234. The first-order valence-corrected chi connectivity index (χ1v) is 10.3. The summed E-state index contributed by atoms with van der Waals surface area (Å²) in [5, 5.41) is 16.9. The first kappa shape index (κ1) is 22.1. The fraction of sp³-hybridized carbons (Fsp3) is 0.217. The van der Waals surface area contributed by atoms with Gasteiger partial charge in [-0.1, -0.05) is 47.5 Å². The molecule has 2 aromatic carbocycles. The third-order valence-electron chi connectivity index (χ3n) is 4.49. The Morgan fingerprint density at radius 3 is 2.47 bits per heavy atom. The highest BCUT2D eigenvalue weighted by Gasteiger charge is 2.16. The van der Waals surface area contributed by atoms with Crippen molar-refractivity contribution in [1.82, 2.24) is 10.3 Å². The largest absolute Gasteiger partial charge is 0.394 e. The normalized spacial score (nSPS) is 11.9. The summed E-state index contributed by atoms with van der Waals surface area (Å²) in [5.41, 5.74) is 2.92. The van der Waals surface area contributed by atoms with Crippen molar-refractivity contribution in [3.63, 3.8) is 0 Å². The van der Waals surface area contributed by atoms with Crippen molar-refractivity contribution in [2.75, 3.05) is 11.9 Å². The van der Waals surface area contributed by atoms with Gasteiger partial charge in [-0.05, 0) is 55.3 Å². The predicted molar refractivity (Wildman–Crippen MR) is 122 cm³/mol. The highest BCUT2D eigenvalue weighted by molar-refractivity contribution is 6.33. The Morgan fingerprint density at radius 1 is 1.10 bits per heavy atom. The van der Waals surface area contributed by atoms with E-state index in [0.29, 0.717) is 15.6 Å². The number of rotatable bonds is 7. The molecule has 0 fully saturated rings. The molecule has 0 spiro atoms. The van der Waals surface area contributed by atoms with E-state index in [0.717, 1.165) is 22.5 Å². The number of aliphatic hydroxyl groups is 1. The zero-order valence-electron chi connectivity index (χ0n) is 16.7. The van der Waals surface area contributed by atoms with E-state index in [4.69, 9.17) is 23.2 Å². The molecule has 0 aliphatic rings. The molecule has 7 heteroatoms. The number of hydrogen-bond donors (Lipinski definition) is 3. The third kappa shape index (κ3) is 5.51. The Kier molecular flexibility index (Phi) is 7.32. The van der Waals surface area contributed by atoms with Crippen LogP contribution in [0, 0.1) is 0 Å². The molecule has 3 rings (SSSR count). The zero-order valence-corrected chi connectivity index (χ0v) is 18.2. The Balaban J connectivity index is 1.77. The molecule has 1 atom stereocenters. The molecule has 0 radical (unpaired) electrons. The minimum Gasteiger partial charge on any atom is -0.394 e. The fourth-order valence-electron chi connectivity index (χ4n) is 3.04. The number of carbonyl (C=O) groups is 1. The number of nitrogens with one attached hydrogen (secondary N) is 2. The molecule has 0 aliphatic heterocycles. The maximum atomic E-state index is 12.7. The van der Waals surface area contributed by atoms with Crippen LogP contribution >= 0.6 is 23.2 Å². The summed E-state index contributed by atoms with van der Waals surface area (Å²) in [6.07, 6.45) is 1.61. The summed E-state index contributed by atoms with van der Waals surface area (Å²) in [7, 11) is 0. The van der Waals surface area contributed by atoms with Crippen molar-refractivity contribution in [2.45, 2.75) is 25.9 Å². The number of hydrogen-bond acceptors (Lipinski definition) is 4.